The highest BCUT2D eigenvalue weighted by molar-refractivity contribution is 7.80. The van der Waals surface area contributed by atoms with E-state index in [-0.39, 0.29) is 0 Å². The summed E-state index contributed by atoms with van der Waals surface area (Å²) in [4.78, 5) is 2.74. The lowest BCUT2D eigenvalue weighted by molar-refractivity contribution is 0.247. The van der Waals surface area contributed by atoms with Gasteiger partial charge in [-0.3, -0.25) is 4.90 Å². The highest BCUT2D eigenvalue weighted by Gasteiger charge is 2.10. The minimum atomic E-state index is 0.449. The van der Waals surface area contributed by atoms with Gasteiger partial charge in [-0.05, 0) is 24.2 Å². The van der Waals surface area contributed by atoms with Gasteiger partial charge < -0.3 is 10.2 Å². The maximum absolute atomic E-state index is 5.76. The Kier molecular flexibility index (Phi) is 4.71. The topological polar surface area (TPSA) is 42.4 Å². The van der Waals surface area contributed by atoms with Gasteiger partial charge in [-0.2, -0.15) is 0 Å². The zero-order valence-electron chi connectivity index (χ0n) is 11.0. The smallest absolute Gasteiger partial charge is 0.117 e. The Morgan fingerprint density at radius 3 is 2.63 bits per heavy atom. The minimum absolute atomic E-state index is 0.449. The molecule has 3 nitrogen and oxygen atoms in total. The Hall–Kier alpha value is -1.65. The molecule has 0 aliphatic rings. The van der Waals surface area contributed by atoms with Gasteiger partial charge in [-0.15, -0.1) is 0 Å². The van der Waals surface area contributed by atoms with Gasteiger partial charge in [0.25, 0.3) is 0 Å². The van der Waals surface area contributed by atoms with Crippen LogP contribution in [0, 0.1) is 0 Å². The molecule has 0 saturated heterocycles. The Balaban J connectivity index is 2.12. The summed E-state index contributed by atoms with van der Waals surface area (Å²) in [5.41, 5.74) is 7.87. The van der Waals surface area contributed by atoms with E-state index in [0.717, 1.165) is 36.5 Å². The van der Waals surface area contributed by atoms with Crippen molar-refractivity contribution >= 4 is 17.2 Å². The summed E-state index contributed by atoms with van der Waals surface area (Å²) in [6.45, 7) is 4.67. The lowest BCUT2D eigenvalue weighted by Gasteiger charge is -2.20. The number of nitrogens with two attached hydrogens (primary N) is 1. The lowest BCUT2D eigenvalue weighted by atomic mass is 10.1. The molecule has 1 aromatic heterocycles. The number of benzene rings is 1. The van der Waals surface area contributed by atoms with Gasteiger partial charge in [0.05, 0.1) is 12.8 Å². The molecule has 2 N–H and O–H groups in total. The van der Waals surface area contributed by atoms with Crippen LogP contribution in [0.15, 0.2) is 47.1 Å². The normalized spacial score (nSPS) is 10.8. The highest BCUT2D eigenvalue weighted by Crippen LogP contribution is 2.14. The van der Waals surface area contributed by atoms with Crippen LogP contribution in [0.3, 0.4) is 0 Å². The van der Waals surface area contributed by atoms with E-state index in [2.05, 4.69) is 17.9 Å². The molecule has 19 heavy (non-hydrogen) atoms. The Morgan fingerprint density at radius 2 is 2.00 bits per heavy atom. The molecule has 0 fully saturated rings. The van der Waals surface area contributed by atoms with E-state index in [4.69, 9.17) is 22.4 Å². The number of hydrogen-bond acceptors (Lipinski definition) is 3. The Morgan fingerprint density at radius 1 is 1.21 bits per heavy atom. The van der Waals surface area contributed by atoms with Crippen molar-refractivity contribution in [3.8, 4) is 0 Å². The first-order valence-electron chi connectivity index (χ1n) is 6.33. The zero-order chi connectivity index (χ0) is 13.7. The molecule has 2 rings (SSSR count). The van der Waals surface area contributed by atoms with Crippen LogP contribution < -0.4 is 5.73 Å². The zero-order valence-corrected chi connectivity index (χ0v) is 11.8. The summed E-state index contributed by atoms with van der Waals surface area (Å²) < 4.78 is 5.39. The maximum Gasteiger partial charge on any atom is 0.117 e. The van der Waals surface area contributed by atoms with Gasteiger partial charge in [0.1, 0.15) is 10.7 Å². The van der Waals surface area contributed by atoms with Gasteiger partial charge in [0.2, 0.25) is 0 Å². The van der Waals surface area contributed by atoms with Crippen LogP contribution in [0.2, 0.25) is 0 Å². The number of furan rings is 1. The third-order valence-corrected chi connectivity index (χ3v) is 3.30. The van der Waals surface area contributed by atoms with Gasteiger partial charge >= 0.3 is 0 Å². The molecule has 1 aromatic carbocycles. The average Bonchev–Trinajstić information content (AvgIpc) is 2.91. The van der Waals surface area contributed by atoms with Crippen LogP contribution in [0.25, 0.3) is 0 Å². The molecule has 100 valence electrons. The highest BCUT2D eigenvalue weighted by atomic mass is 32.1. The fourth-order valence-corrected chi connectivity index (χ4v) is 2.24. The van der Waals surface area contributed by atoms with Crippen molar-refractivity contribution in [1.29, 1.82) is 0 Å². The standard InChI is InChI=1S/C15H18N2OS/c1-2-17(11-13-7-5-9-18-13)10-12-6-3-4-8-14(12)15(16)19/h3-9H,2,10-11H2,1H3,(H2,16,19). The van der Waals surface area contributed by atoms with Crippen LogP contribution in [-0.2, 0) is 13.1 Å². The number of thiocarbonyl (C=S) groups is 1. The van der Waals surface area contributed by atoms with Gasteiger partial charge in [-0.1, -0.05) is 43.4 Å². The lowest BCUT2D eigenvalue weighted by Crippen LogP contribution is -2.24. The van der Waals surface area contributed by atoms with Crippen LogP contribution >= 0.6 is 12.2 Å². The fourth-order valence-electron chi connectivity index (χ4n) is 2.04. The quantitative estimate of drug-likeness (QED) is 0.822. The second kappa shape index (κ2) is 6.50. The summed E-state index contributed by atoms with van der Waals surface area (Å²) in [6, 6.07) is 11.9. The van der Waals surface area contributed by atoms with E-state index >= 15 is 0 Å². The van der Waals surface area contributed by atoms with Crippen molar-refractivity contribution in [1.82, 2.24) is 4.90 Å². The predicted molar refractivity (Wildman–Crippen MR) is 80.8 cm³/mol. The molecule has 0 atom stereocenters. The van der Waals surface area contributed by atoms with Crippen LogP contribution in [0.1, 0.15) is 23.8 Å². The molecule has 4 heteroatoms. The van der Waals surface area contributed by atoms with E-state index in [9.17, 15) is 0 Å². The molecule has 2 aromatic rings. The number of rotatable bonds is 6. The first kappa shape index (κ1) is 13.8. The van der Waals surface area contributed by atoms with Gasteiger partial charge in [0, 0.05) is 12.1 Å². The number of hydrogen-bond donors (Lipinski definition) is 1. The monoisotopic (exact) mass is 274 g/mol. The molecular weight excluding hydrogens is 256 g/mol. The molecule has 0 saturated carbocycles. The largest absolute Gasteiger partial charge is 0.468 e. The van der Waals surface area contributed by atoms with E-state index in [0.29, 0.717) is 4.99 Å². The second-order valence-electron chi connectivity index (χ2n) is 4.40. The van der Waals surface area contributed by atoms with Crippen LogP contribution in [-0.4, -0.2) is 16.4 Å². The van der Waals surface area contributed by atoms with Gasteiger partial charge in [-0.25, -0.2) is 0 Å². The Labute approximate surface area is 119 Å². The summed E-state index contributed by atoms with van der Waals surface area (Å²) in [5.74, 6) is 0.967. The maximum atomic E-state index is 5.76. The SMILES string of the molecule is CCN(Cc1ccco1)Cc1ccccc1C(N)=S. The van der Waals surface area contributed by atoms with Crippen LogP contribution in [0.5, 0.6) is 0 Å². The van der Waals surface area contributed by atoms with E-state index in [1.165, 1.54) is 0 Å². The fraction of sp³-hybridized carbons (Fsp3) is 0.267. The molecule has 0 amide bonds. The first-order chi connectivity index (χ1) is 9.20. The van der Waals surface area contributed by atoms with E-state index in [1.54, 1.807) is 6.26 Å². The molecular formula is C15H18N2OS. The molecule has 0 aliphatic heterocycles. The van der Waals surface area contributed by atoms with Crippen molar-refractivity contribution in [2.75, 3.05) is 6.54 Å². The Bertz CT molecular complexity index is 537. The van der Waals surface area contributed by atoms with Crippen molar-refractivity contribution in [3.63, 3.8) is 0 Å². The average molecular weight is 274 g/mol. The third kappa shape index (κ3) is 3.66. The van der Waals surface area contributed by atoms with Crippen molar-refractivity contribution in [2.24, 2.45) is 5.73 Å². The summed E-state index contributed by atoms with van der Waals surface area (Å²) in [5, 5.41) is 0. The predicted octanol–water partition coefficient (Wildman–Crippen LogP) is 2.94. The molecule has 0 radical (unpaired) electrons. The molecule has 0 unspecified atom stereocenters. The summed E-state index contributed by atoms with van der Waals surface area (Å²) in [6.07, 6.45) is 1.70. The van der Waals surface area contributed by atoms with Gasteiger partial charge in [0.15, 0.2) is 0 Å². The van der Waals surface area contributed by atoms with Crippen molar-refractivity contribution in [2.45, 2.75) is 20.0 Å². The second-order valence-corrected chi connectivity index (χ2v) is 4.84. The van der Waals surface area contributed by atoms with E-state index < -0.39 is 0 Å². The van der Waals surface area contributed by atoms with E-state index in [1.807, 2.05) is 30.3 Å². The third-order valence-electron chi connectivity index (χ3n) is 3.08. The summed E-state index contributed by atoms with van der Waals surface area (Å²) >= 11 is 5.10. The molecule has 1 heterocycles. The van der Waals surface area contributed by atoms with Crippen molar-refractivity contribution < 1.29 is 4.42 Å². The molecule has 0 aliphatic carbocycles. The van der Waals surface area contributed by atoms with Crippen molar-refractivity contribution in [3.05, 3.63) is 59.5 Å². The minimum Gasteiger partial charge on any atom is -0.468 e. The molecule has 0 spiro atoms. The van der Waals surface area contributed by atoms with Crippen LogP contribution in [0.4, 0.5) is 0 Å². The molecule has 0 bridgehead atoms. The summed E-state index contributed by atoms with van der Waals surface area (Å²) in [7, 11) is 0. The first-order valence-corrected chi connectivity index (χ1v) is 6.74. The number of nitrogens with zero attached hydrogens (tertiary/aromatic N) is 1.